The average molecular weight is 404 g/mol. The van der Waals surface area contributed by atoms with Gasteiger partial charge in [0.25, 0.3) is 0 Å². The van der Waals surface area contributed by atoms with E-state index in [1.165, 1.54) is 9.96 Å². The third-order valence-electron chi connectivity index (χ3n) is 5.00. The summed E-state index contributed by atoms with van der Waals surface area (Å²) in [4.78, 5) is 43.4. The van der Waals surface area contributed by atoms with Crippen molar-refractivity contribution in [2.75, 3.05) is 13.2 Å². The molecule has 0 aromatic heterocycles. The Morgan fingerprint density at radius 2 is 2.03 bits per heavy atom. The quantitative estimate of drug-likeness (QED) is 0.760. The van der Waals surface area contributed by atoms with E-state index in [1.54, 1.807) is 20.8 Å². The van der Waals surface area contributed by atoms with Gasteiger partial charge >= 0.3 is 12.2 Å². The second-order valence-corrected chi connectivity index (χ2v) is 8.24. The summed E-state index contributed by atoms with van der Waals surface area (Å²) < 4.78 is 10.2. The van der Waals surface area contributed by atoms with Crippen LogP contribution in [0.15, 0.2) is 18.2 Å². The van der Waals surface area contributed by atoms with Gasteiger partial charge in [-0.3, -0.25) is 9.63 Å². The van der Waals surface area contributed by atoms with Crippen molar-refractivity contribution in [2.24, 2.45) is 0 Å². The van der Waals surface area contributed by atoms with Crippen LogP contribution in [0.3, 0.4) is 0 Å². The van der Waals surface area contributed by atoms with E-state index in [9.17, 15) is 14.4 Å². The van der Waals surface area contributed by atoms with Gasteiger partial charge in [-0.15, -0.1) is 0 Å². The second-order valence-electron chi connectivity index (χ2n) is 8.24. The number of fused-ring (bicyclic) bond motifs is 1. The van der Waals surface area contributed by atoms with E-state index in [0.717, 1.165) is 23.1 Å². The monoisotopic (exact) mass is 404 g/mol. The van der Waals surface area contributed by atoms with Crippen LogP contribution in [-0.2, 0) is 32.3 Å². The number of carbonyl (C=O) groups is 3. The molecule has 2 heterocycles. The van der Waals surface area contributed by atoms with Gasteiger partial charge in [-0.25, -0.2) is 14.5 Å². The first kappa shape index (κ1) is 21.1. The molecule has 1 aromatic carbocycles. The van der Waals surface area contributed by atoms with Gasteiger partial charge in [0.05, 0.1) is 13.1 Å². The van der Waals surface area contributed by atoms with E-state index in [0.29, 0.717) is 6.54 Å². The van der Waals surface area contributed by atoms with Crippen LogP contribution in [-0.4, -0.2) is 46.8 Å². The molecule has 1 fully saturated rings. The molecule has 2 aliphatic heterocycles. The summed E-state index contributed by atoms with van der Waals surface area (Å²) >= 11 is 0. The predicted molar refractivity (Wildman–Crippen MR) is 104 cm³/mol. The van der Waals surface area contributed by atoms with Crippen LogP contribution in [0.4, 0.5) is 9.59 Å². The standard InChI is InChI=1S/C21H28N2O6/c1-5-14(11-18(24)22-9-10-27-19(22)25)16-8-6-7-15-12-23(28-13-17(15)16)20(26)29-21(2,3)4/h6-8,14H,5,9-13H2,1-4H3. The molecule has 1 atom stereocenters. The number of hydrogen-bond donors (Lipinski definition) is 0. The number of ether oxygens (including phenoxy) is 2. The third kappa shape index (κ3) is 4.87. The summed E-state index contributed by atoms with van der Waals surface area (Å²) in [6.07, 6.45) is -0.141. The summed E-state index contributed by atoms with van der Waals surface area (Å²) in [6.45, 7) is 8.48. The summed E-state index contributed by atoms with van der Waals surface area (Å²) in [5.74, 6) is -0.286. The van der Waals surface area contributed by atoms with E-state index < -0.39 is 17.8 Å². The van der Waals surface area contributed by atoms with Crippen molar-refractivity contribution in [2.45, 2.75) is 65.2 Å². The highest BCUT2D eigenvalue weighted by Crippen LogP contribution is 2.33. The number of hydrogen-bond acceptors (Lipinski definition) is 6. The van der Waals surface area contributed by atoms with E-state index in [1.807, 2.05) is 25.1 Å². The normalized spacial score (nSPS) is 17.6. The molecule has 29 heavy (non-hydrogen) atoms. The second kappa shape index (κ2) is 8.41. The number of nitrogens with zero attached hydrogens (tertiary/aromatic N) is 2. The lowest BCUT2D eigenvalue weighted by molar-refractivity contribution is -0.171. The zero-order valence-corrected chi connectivity index (χ0v) is 17.4. The first-order chi connectivity index (χ1) is 13.7. The Labute approximate surface area is 170 Å². The average Bonchev–Trinajstić information content (AvgIpc) is 3.10. The van der Waals surface area contributed by atoms with Gasteiger partial charge in [0.2, 0.25) is 5.91 Å². The lowest BCUT2D eigenvalue weighted by Gasteiger charge is -2.32. The molecule has 3 amide bonds. The van der Waals surface area contributed by atoms with Crippen molar-refractivity contribution in [1.82, 2.24) is 9.96 Å². The SMILES string of the molecule is CCC(CC(=O)N1CCOC1=O)c1cccc2c1CON(C(=O)OC(C)(C)C)C2. The molecule has 158 valence electrons. The molecular formula is C21H28N2O6. The molecule has 2 aliphatic rings. The molecule has 1 aromatic rings. The molecular weight excluding hydrogens is 376 g/mol. The Kier molecular flexibility index (Phi) is 6.12. The highest BCUT2D eigenvalue weighted by atomic mass is 16.7. The highest BCUT2D eigenvalue weighted by molar-refractivity contribution is 5.93. The molecule has 0 spiro atoms. The fourth-order valence-electron chi connectivity index (χ4n) is 3.55. The van der Waals surface area contributed by atoms with Crippen molar-refractivity contribution in [1.29, 1.82) is 0 Å². The number of carbonyl (C=O) groups excluding carboxylic acids is 3. The smallest absolute Gasteiger partial charge is 0.434 e. The van der Waals surface area contributed by atoms with Gasteiger partial charge in [0, 0.05) is 6.42 Å². The van der Waals surface area contributed by atoms with Crippen molar-refractivity contribution in [3.8, 4) is 0 Å². The van der Waals surface area contributed by atoms with Crippen molar-refractivity contribution in [3.05, 3.63) is 34.9 Å². The number of hydroxylamine groups is 2. The van der Waals surface area contributed by atoms with Crippen LogP contribution in [0.25, 0.3) is 0 Å². The maximum atomic E-state index is 12.6. The summed E-state index contributed by atoms with van der Waals surface area (Å²) in [5, 5.41) is 1.23. The largest absolute Gasteiger partial charge is 0.447 e. The maximum Gasteiger partial charge on any atom is 0.434 e. The summed E-state index contributed by atoms with van der Waals surface area (Å²) in [5.41, 5.74) is 2.35. The van der Waals surface area contributed by atoms with Crippen molar-refractivity contribution >= 4 is 18.1 Å². The number of rotatable bonds is 4. The molecule has 0 saturated carbocycles. The minimum atomic E-state index is -0.604. The molecule has 1 saturated heterocycles. The molecule has 0 bridgehead atoms. The van der Waals surface area contributed by atoms with Crippen LogP contribution >= 0.6 is 0 Å². The van der Waals surface area contributed by atoms with Gasteiger partial charge in [-0.2, -0.15) is 5.06 Å². The number of amides is 3. The van der Waals surface area contributed by atoms with Crippen LogP contribution in [0.1, 0.15) is 63.1 Å². The van der Waals surface area contributed by atoms with Crippen LogP contribution in [0.5, 0.6) is 0 Å². The first-order valence-corrected chi connectivity index (χ1v) is 9.90. The predicted octanol–water partition coefficient (Wildman–Crippen LogP) is 3.73. The van der Waals surface area contributed by atoms with Crippen LogP contribution < -0.4 is 0 Å². The van der Waals surface area contributed by atoms with Crippen LogP contribution in [0, 0.1) is 0 Å². The third-order valence-corrected chi connectivity index (χ3v) is 5.00. The van der Waals surface area contributed by atoms with Crippen molar-refractivity contribution in [3.63, 3.8) is 0 Å². The molecule has 3 rings (SSSR count). The Morgan fingerprint density at radius 3 is 2.66 bits per heavy atom. The zero-order chi connectivity index (χ0) is 21.2. The first-order valence-electron chi connectivity index (χ1n) is 9.90. The number of cyclic esters (lactones) is 1. The Morgan fingerprint density at radius 1 is 1.28 bits per heavy atom. The molecule has 0 N–H and O–H groups in total. The van der Waals surface area contributed by atoms with Crippen molar-refractivity contribution < 1.29 is 28.7 Å². The number of benzene rings is 1. The highest BCUT2D eigenvalue weighted by Gasteiger charge is 2.32. The molecule has 0 radical (unpaired) electrons. The van der Waals surface area contributed by atoms with Gasteiger partial charge in [0.1, 0.15) is 18.8 Å². The van der Waals surface area contributed by atoms with E-state index >= 15 is 0 Å². The van der Waals surface area contributed by atoms with Gasteiger partial charge in [-0.05, 0) is 49.8 Å². The Balaban J connectivity index is 1.75. The van der Waals surface area contributed by atoms with Gasteiger partial charge in [-0.1, -0.05) is 25.1 Å². The topological polar surface area (TPSA) is 85.4 Å². The Bertz CT molecular complexity index is 801. The molecule has 8 heteroatoms. The minimum absolute atomic E-state index is 0.0532. The fraction of sp³-hybridized carbons (Fsp3) is 0.571. The molecule has 0 aliphatic carbocycles. The van der Waals surface area contributed by atoms with E-state index in [2.05, 4.69) is 0 Å². The fourth-order valence-corrected chi connectivity index (χ4v) is 3.55. The maximum absolute atomic E-state index is 12.6. The summed E-state index contributed by atoms with van der Waals surface area (Å²) in [7, 11) is 0. The lowest BCUT2D eigenvalue weighted by Crippen LogP contribution is -2.39. The lowest BCUT2D eigenvalue weighted by atomic mass is 9.86. The van der Waals surface area contributed by atoms with E-state index in [-0.39, 0.29) is 38.0 Å². The molecule has 8 nitrogen and oxygen atoms in total. The zero-order valence-electron chi connectivity index (χ0n) is 17.4. The number of imide groups is 1. The van der Waals surface area contributed by atoms with E-state index in [4.69, 9.17) is 14.3 Å². The Hall–Kier alpha value is -2.61. The van der Waals surface area contributed by atoms with Crippen LogP contribution in [0.2, 0.25) is 0 Å². The van der Waals surface area contributed by atoms with Gasteiger partial charge in [0.15, 0.2) is 0 Å². The van der Waals surface area contributed by atoms with Gasteiger partial charge < -0.3 is 9.47 Å². The molecule has 1 unspecified atom stereocenters. The minimum Gasteiger partial charge on any atom is -0.447 e. The summed E-state index contributed by atoms with van der Waals surface area (Å²) in [6, 6.07) is 5.85.